The average Bonchev–Trinajstić information content (AvgIpc) is 3.13. The van der Waals surface area contributed by atoms with Crippen molar-refractivity contribution in [2.75, 3.05) is 6.61 Å². The summed E-state index contributed by atoms with van der Waals surface area (Å²) in [7, 11) is 0. The molecule has 0 aliphatic heterocycles. The largest absolute Gasteiger partial charge is 0.394 e. The van der Waals surface area contributed by atoms with Crippen LogP contribution in [0.2, 0.25) is 0 Å². The fraction of sp³-hybridized carbons (Fsp3) is 0.978. The lowest BCUT2D eigenvalue weighted by Crippen LogP contribution is -2.50. The van der Waals surface area contributed by atoms with Crippen molar-refractivity contribution in [3.8, 4) is 0 Å². The predicted octanol–water partition coefficient (Wildman–Crippen LogP) is 13.4. The molecule has 4 N–H and O–H groups in total. The number of unbranched alkanes of at least 4 members (excludes halogenated alkanes) is 35. The van der Waals surface area contributed by atoms with Crippen LogP contribution in [-0.4, -0.2) is 46.1 Å². The normalized spacial score (nSPS) is 13.4. The number of aliphatic hydroxyl groups excluding tert-OH is 3. The van der Waals surface area contributed by atoms with Crippen LogP contribution in [0.4, 0.5) is 0 Å². The van der Waals surface area contributed by atoms with Crippen LogP contribution in [0.1, 0.15) is 264 Å². The zero-order valence-electron chi connectivity index (χ0n) is 34.8. The molecule has 0 aromatic rings. The van der Waals surface area contributed by atoms with Gasteiger partial charge in [-0.2, -0.15) is 0 Å². The van der Waals surface area contributed by atoms with Gasteiger partial charge >= 0.3 is 0 Å². The van der Waals surface area contributed by atoms with Gasteiger partial charge in [0, 0.05) is 6.42 Å². The van der Waals surface area contributed by atoms with Gasteiger partial charge in [-0.3, -0.25) is 4.79 Å². The van der Waals surface area contributed by atoms with Crippen molar-refractivity contribution in [3.05, 3.63) is 0 Å². The minimum absolute atomic E-state index is 0.139. The Hall–Kier alpha value is -0.650. The van der Waals surface area contributed by atoms with Gasteiger partial charge in [0.15, 0.2) is 0 Å². The summed E-state index contributed by atoms with van der Waals surface area (Å²) in [4.78, 5) is 12.4. The van der Waals surface area contributed by atoms with Crippen molar-refractivity contribution in [2.45, 2.75) is 283 Å². The molecule has 0 fully saturated rings. The topological polar surface area (TPSA) is 89.8 Å². The second-order valence-electron chi connectivity index (χ2n) is 16.3. The summed E-state index contributed by atoms with van der Waals surface area (Å²) in [6, 6.07) is -0.802. The smallest absolute Gasteiger partial charge is 0.220 e. The Bertz CT molecular complexity index is 674. The van der Waals surface area contributed by atoms with Crippen LogP contribution in [0.5, 0.6) is 0 Å². The Morgan fingerprint density at radius 2 is 0.667 bits per heavy atom. The fourth-order valence-corrected chi connectivity index (χ4v) is 7.58. The van der Waals surface area contributed by atoms with Crippen molar-refractivity contribution in [2.24, 2.45) is 0 Å². The molecule has 0 saturated heterocycles. The molecule has 3 atom stereocenters. The molecule has 0 rings (SSSR count). The molecule has 0 heterocycles. The van der Waals surface area contributed by atoms with Crippen LogP contribution in [0.3, 0.4) is 0 Å². The first-order valence-corrected chi connectivity index (χ1v) is 23.3. The summed E-state index contributed by atoms with van der Waals surface area (Å²) in [6.07, 6.45) is 47.8. The summed E-state index contributed by atoms with van der Waals surface area (Å²) in [6.45, 7) is 4.21. The maximum Gasteiger partial charge on any atom is 0.220 e. The quantitative estimate of drug-likeness (QED) is 0.0472. The van der Waals surface area contributed by atoms with E-state index < -0.39 is 18.2 Å². The highest BCUT2D eigenvalue weighted by Gasteiger charge is 2.26. The maximum atomic E-state index is 12.4. The molecule has 0 aliphatic carbocycles. The Labute approximate surface area is 319 Å². The third-order valence-corrected chi connectivity index (χ3v) is 11.2. The Morgan fingerprint density at radius 3 is 0.941 bits per heavy atom. The van der Waals surface area contributed by atoms with E-state index in [9.17, 15) is 20.1 Å². The number of aliphatic hydroxyl groups is 3. The van der Waals surface area contributed by atoms with Crippen LogP contribution in [0.25, 0.3) is 0 Å². The molecule has 1 amide bonds. The first-order valence-electron chi connectivity index (χ1n) is 23.3. The molecule has 0 radical (unpaired) electrons. The van der Waals surface area contributed by atoms with Crippen LogP contribution in [0, 0.1) is 0 Å². The molecule has 5 heteroatoms. The summed E-state index contributed by atoms with van der Waals surface area (Å²) < 4.78 is 0. The van der Waals surface area contributed by atoms with E-state index in [2.05, 4.69) is 19.2 Å². The van der Waals surface area contributed by atoms with Gasteiger partial charge < -0.3 is 20.6 Å². The average molecular weight is 724 g/mol. The molecule has 0 saturated carbocycles. The number of hydrogen-bond acceptors (Lipinski definition) is 4. The van der Waals surface area contributed by atoms with Crippen LogP contribution >= 0.6 is 0 Å². The van der Waals surface area contributed by atoms with Gasteiger partial charge in [0.05, 0.1) is 18.8 Å². The van der Waals surface area contributed by atoms with Gasteiger partial charge in [-0.15, -0.1) is 0 Å². The van der Waals surface area contributed by atoms with Crippen molar-refractivity contribution < 1.29 is 20.1 Å². The molecule has 51 heavy (non-hydrogen) atoms. The number of carbonyl (C=O) groups is 1. The second kappa shape index (κ2) is 42.1. The van der Waals surface area contributed by atoms with Gasteiger partial charge in [-0.05, 0) is 12.8 Å². The van der Waals surface area contributed by atoms with E-state index in [1.165, 1.54) is 205 Å². The summed E-state index contributed by atoms with van der Waals surface area (Å²) >= 11 is 0. The van der Waals surface area contributed by atoms with Crippen molar-refractivity contribution in [1.82, 2.24) is 5.32 Å². The van der Waals surface area contributed by atoms with Gasteiger partial charge in [-0.25, -0.2) is 0 Å². The molecular weight excluding hydrogens is 631 g/mol. The van der Waals surface area contributed by atoms with Gasteiger partial charge in [0.25, 0.3) is 0 Å². The predicted molar refractivity (Wildman–Crippen MR) is 222 cm³/mol. The van der Waals surface area contributed by atoms with Gasteiger partial charge in [-0.1, -0.05) is 245 Å². The van der Waals surface area contributed by atoms with E-state index in [-0.39, 0.29) is 12.5 Å². The molecule has 0 unspecified atom stereocenters. The van der Waals surface area contributed by atoms with E-state index >= 15 is 0 Å². The zero-order chi connectivity index (χ0) is 37.3. The van der Waals surface area contributed by atoms with Crippen LogP contribution in [0.15, 0.2) is 0 Å². The molecule has 0 bridgehead atoms. The van der Waals surface area contributed by atoms with E-state index in [1.807, 2.05) is 0 Å². The molecule has 0 aromatic carbocycles. The lowest BCUT2D eigenvalue weighted by atomic mass is 9.99. The third-order valence-electron chi connectivity index (χ3n) is 11.2. The first kappa shape index (κ1) is 50.4. The van der Waals surface area contributed by atoms with E-state index in [0.29, 0.717) is 12.8 Å². The second-order valence-corrected chi connectivity index (χ2v) is 16.3. The van der Waals surface area contributed by atoms with Crippen LogP contribution in [-0.2, 0) is 4.79 Å². The molecule has 0 spiro atoms. The Balaban J connectivity index is 3.56. The highest BCUT2D eigenvalue weighted by atomic mass is 16.3. The highest BCUT2D eigenvalue weighted by Crippen LogP contribution is 2.17. The van der Waals surface area contributed by atoms with E-state index in [0.717, 1.165) is 32.1 Å². The fourth-order valence-electron chi connectivity index (χ4n) is 7.58. The van der Waals surface area contributed by atoms with Crippen molar-refractivity contribution >= 4 is 5.91 Å². The third kappa shape index (κ3) is 37.5. The standard InChI is InChI=1S/C46H93NO4/c1-3-5-7-9-11-13-15-17-19-21-22-23-25-26-28-30-32-34-36-38-40-44(49)46(51)43(42-48)47-45(50)41-39-37-35-33-31-29-27-24-20-18-16-14-12-10-8-6-4-2/h43-44,46,48-49,51H,3-42H2,1-2H3,(H,47,50)/t43-,44-,46-/m0/s1. The lowest BCUT2D eigenvalue weighted by Gasteiger charge is -2.26. The first-order chi connectivity index (χ1) is 25.1. The van der Waals surface area contributed by atoms with E-state index in [1.54, 1.807) is 0 Å². The van der Waals surface area contributed by atoms with Crippen molar-refractivity contribution in [1.29, 1.82) is 0 Å². The van der Waals surface area contributed by atoms with Crippen LogP contribution < -0.4 is 5.32 Å². The van der Waals surface area contributed by atoms with E-state index in [4.69, 9.17) is 0 Å². The molecule has 0 aromatic heterocycles. The summed E-state index contributed by atoms with van der Waals surface area (Å²) in [5.74, 6) is -0.139. The molecule has 306 valence electrons. The summed E-state index contributed by atoms with van der Waals surface area (Å²) in [5.41, 5.74) is 0. The number of nitrogens with one attached hydrogen (secondary N) is 1. The van der Waals surface area contributed by atoms with Gasteiger partial charge in [0.2, 0.25) is 5.91 Å². The lowest BCUT2D eigenvalue weighted by molar-refractivity contribution is -0.124. The molecular formula is C46H93NO4. The number of rotatable bonds is 43. The monoisotopic (exact) mass is 724 g/mol. The Morgan fingerprint density at radius 1 is 0.412 bits per heavy atom. The SMILES string of the molecule is CCCCCCCCCCCCCCCCCCCCCC[C@H](O)[C@@H](O)[C@H](CO)NC(=O)CCCCCCCCCCCCCCCCCCC. The highest BCUT2D eigenvalue weighted by molar-refractivity contribution is 5.76. The minimum Gasteiger partial charge on any atom is -0.394 e. The maximum absolute atomic E-state index is 12.4. The number of carbonyl (C=O) groups excluding carboxylic acids is 1. The summed E-state index contributed by atoms with van der Waals surface area (Å²) in [5, 5.41) is 33.6. The minimum atomic E-state index is -1.13. The van der Waals surface area contributed by atoms with Crippen molar-refractivity contribution in [3.63, 3.8) is 0 Å². The molecule has 5 nitrogen and oxygen atoms in total. The number of hydrogen-bond donors (Lipinski definition) is 4. The molecule has 0 aliphatic rings. The Kier molecular flexibility index (Phi) is 41.6. The zero-order valence-corrected chi connectivity index (χ0v) is 34.8. The van der Waals surface area contributed by atoms with Gasteiger partial charge in [0.1, 0.15) is 6.10 Å². The number of amides is 1.